The van der Waals surface area contributed by atoms with Crippen LogP contribution in [0.25, 0.3) is 0 Å². The second-order valence-electron chi connectivity index (χ2n) is 14.3. The van der Waals surface area contributed by atoms with Gasteiger partial charge in [0.1, 0.15) is 24.4 Å². The highest BCUT2D eigenvalue weighted by atomic mass is 35.5. The molecule has 0 aromatic rings. The van der Waals surface area contributed by atoms with Gasteiger partial charge in [-0.3, -0.25) is 0 Å². The molecule has 38 heavy (non-hydrogen) atoms. The largest absolute Gasteiger partial charge is 0.410 e. The summed E-state index contributed by atoms with van der Waals surface area (Å²) in [6.07, 6.45) is -3.69. The predicted octanol–water partition coefficient (Wildman–Crippen LogP) is 6.81. The smallest absolute Gasteiger partial charge is 0.213 e. The van der Waals surface area contributed by atoms with E-state index < -0.39 is 81.2 Å². The van der Waals surface area contributed by atoms with Crippen molar-refractivity contribution in [2.75, 3.05) is 11.8 Å². The zero-order valence-electron chi connectivity index (χ0n) is 25.5. The summed E-state index contributed by atoms with van der Waals surface area (Å²) in [7, 11) is -8.21. The molecule has 2 fully saturated rings. The third-order valence-corrected chi connectivity index (χ3v) is 10.9. The monoisotopic (exact) mass is 668 g/mol. The fraction of sp³-hybridized carbons (Fsp3) is 1.00. The maximum atomic E-state index is 6.91. The molecular weight excluding hydrogens is 619 g/mol. The number of halogens is 3. The van der Waals surface area contributed by atoms with Gasteiger partial charge in [0, 0.05) is 0 Å². The van der Waals surface area contributed by atoms with E-state index in [9.17, 15) is 0 Å². The van der Waals surface area contributed by atoms with Crippen molar-refractivity contribution in [1.29, 1.82) is 0 Å². The average Bonchev–Trinajstić information content (AvgIpc) is 2.97. The van der Waals surface area contributed by atoms with Crippen LogP contribution in [0.3, 0.4) is 0 Å². The lowest BCUT2D eigenvalue weighted by molar-refractivity contribution is -0.350. The Bertz CT molecular complexity index is 772. The quantitative estimate of drug-likeness (QED) is 0.167. The van der Waals surface area contributed by atoms with Crippen LogP contribution in [0.15, 0.2) is 0 Å². The van der Waals surface area contributed by atoms with Crippen molar-refractivity contribution >= 4 is 68.1 Å². The minimum atomic E-state index is -2.11. The number of hydrogen-bond acceptors (Lipinski definition) is 7. The third kappa shape index (κ3) is 10.0. The molecule has 2 unspecified atom stereocenters. The number of hydrogen-bond donors (Lipinski definition) is 0. The van der Waals surface area contributed by atoms with Crippen molar-refractivity contribution in [3.8, 4) is 0 Å². The highest BCUT2D eigenvalue weighted by Crippen LogP contribution is 2.44. The minimum absolute atomic E-state index is 0.00114. The molecule has 0 aromatic heterocycles. The molecule has 0 aliphatic carbocycles. The van der Waals surface area contributed by atoms with Gasteiger partial charge in [-0.2, -0.15) is 0 Å². The number of rotatable bonds is 12. The van der Waals surface area contributed by atoms with Gasteiger partial charge in [0.15, 0.2) is 39.6 Å². The van der Waals surface area contributed by atoms with Crippen LogP contribution in [0.4, 0.5) is 0 Å². The Morgan fingerprint density at radius 3 is 1.55 bits per heavy atom. The highest BCUT2D eigenvalue weighted by Gasteiger charge is 2.61. The Labute approximate surface area is 250 Å². The zero-order chi connectivity index (χ0) is 29.5. The van der Waals surface area contributed by atoms with Crippen molar-refractivity contribution in [3.05, 3.63) is 0 Å². The van der Waals surface area contributed by atoms with Gasteiger partial charge in [-0.05, 0) is 85.5 Å². The van der Waals surface area contributed by atoms with Crippen molar-refractivity contribution in [3.63, 3.8) is 0 Å². The first kappa shape index (κ1) is 35.7. The van der Waals surface area contributed by atoms with Crippen LogP contribution in [-0.2, 0) is 31.9 Å². The molecule has 7 nitrogen and oxygen atoms in total. The molecule has 0 bridgehead atoms. The molecule has 2 aliphatic heterocycles. The standard InChI is InChI=1S/C24H51Cl3O7Si4/c1-16-18(27)20(32-36(5,6)7)21(33-37(8,9)10)23(28-16)30-24(15-26)22(34-38(11,12)13)19(17(14-25)29-24)31-35(2,3)4/h16-23H,14-15H2,1-13H3/t16-,17+,18+,19?,20+,21-,22?,23-,24+/m1/s1. The first-order valence-electron chi connectivity index (χ1n) is 13.5. The first-order chi connectivity index (χ1) is 17.0. The topological polar surface area (TPSA) is 64.6 Å². The third-order valence-electron chi connectivity index (χ3n) is 5.76. The lowest BCUT2D eigenvalue weighted by Crippen LogP contribution is -2.64. The molecule has 2 aliphatic rings. The molecule has 0 amide bonds. The lowest BCUT2D eigenvalue weighted by atomic mass is 10.0. The van der Waals surface area contributed by atoms with E-state index in [-0.39, 0.29) is 17.9 Å². The summed E-state index contributed by atoms with van der Waals surface area (Å²) >= 11 is 20.1. The summed E-state index contributed by atoms with van der Waals surface area (Å²) in [6, 6.07) is 0. The molecule has 0 aromatic carbocycles. The normalized spacial score (nSPS) is 37.6. The Hall–Kier alpha value is 1.46. The number of ether oxygens (including phenoxy) is 3. The maximum absolute atomic E-state index is 6.91. The van der Waals surface area contributed by atoms with Gasteiger partial charge in [-0.15, -0.1) is 34.8 Å². The molecule has 2 rings (SSSR count). The Morgan fingerprint density at radius 2 is 1.13 bits per heavy atom. The van der Waals surface area contributed by atoms with Gasteiger partial charge in [-0.1, -0.05) is 0 Å². The minimum Gasteiger partial charge on any atom is -0.410 e. The Balaban J connectivity index is 2.57. The van der Waals surface area contributed by atoms with E-state index >= 15 is 0 Å². The van der Waals surface area contributed by atoms with Gasteiger partial charge in [0.25, 0.3) is 0 Å². The van der Waals surface area contributed by atoms with E-state index in [2.05, 4.69) is 78.6 Å². The van der Waals surface area contributed by atoms with Gasteiger partial charge in [-0.25, -0.2) is 0 Å². The van der Waals surface area contributed by atoms with Crippen LogP contribution in [0, 0.1) is 0 Å². The van der Waals surface area contributed by atoms with Crippen molar-refractivity contribution in [2.24, 2.45) is 0 Å². The second kappa shape index (κ2) is 13.0. The first-order valence-corrected chi connectivity index (χ1v) is 28.6. The molecule has 2 saturated heterocycles. The Morgan fingerprint density at radius 1 is 0.684 bits per heavy atom. The highest BCUT2D eigenvalue weighted by molar-refractivity contribution is 6.71. The van der Waals surface area contributed by atoms with Crippen molar-refractivity contribution in [2.45, 2.75) is 140 Å². The van der Waals surface area contributed by atoms with Gasteiger partial charge in [0.05, 0.1) is 29.3 Å². The van der Waals surface area contributed by atoms with Gasteiger partial charge in [0.2, 0.25) is 5.79 Å². The fourth-order valence-corrected chi connectivity index (χ4v) is 9.79. The molecule has 2 heterocycles. The van der Waals surface area contributed by atoms with Crippen LogP contribution in [0.5, 0.6) is 0 Å². The summed E-state index contributed by atoms with van der Waals surface area (Å²) in [6.45, 7) is 27.5. The molecule has 226 valence electrons. The molecule has 0 radical (unpaired) electrons. The van der Waals surface area contributed by atoms with Crippen LogP contribution >= 0.6 is 34.8 Å². The molecule has 0 spiro atoms. The molecule has 9 atom stereocenters. The van der Waals surface area contributed by atoms with Crippen LogP contribution in [-0.4, -0.2) is 99.1 Å². The van der Waals surface area contributed by atoms with E-state index in [1.165, 1.54) is 0 Å². The molecule has 0 N–H and O–H groups in total. The van der Waals surface area contributed by atoms with E-state index in [1.807, 2.05) is 6.92 Å². The van der Waals surface area contributed by atoms with Crippen LogP contribution < -0.4 is 0 Å². The second-order valence-corrected chi connectivity index (χ2v) is 33.2. The van der Waals surface area contributed by atoms with E-state index in [4.69, 9.17) is 66.7 Å². The molecular formula is C24H51Cl3O7Si4. The summed E-state index contributed by atoms with van der Waals surface area (Å²) in [4.78, 5) is 0. The number of alkyl halides is 3. The molecule has 14 heteroatoms. The van der Waals surface area contributed by atoms with E-state index in [0.29, 0.717) is 0 Å². The van der Waals surface area contributed by atoms with Crippen molar-refractivity contribution in [1.82, 2.24) is 0 Å². The Kier molecular flexibility index (Phi) is 12.2. The van der Waals surface area contributed by atoms with Gasteiger partial charge >= 0.3 is 0 Å². The molecule has 0 saturated carbocycles. The SMILES string of the molecule is C[C@H]1O[C@H](O[C@]2(CCl)O[C@@H](CCl)C(O[Si](C)(C)C)C2O[Si](C)(C)C)[C@H](O[Si](C)(C)C)[C@@H](O[Si](C)(C)C)[C@H]1Cl. The summed E-state index contributed by atoms with van der Waals surface area (Å²) in [5.41, 5.74) is 0. The van der Waals surface area contributed by atoms with E-state index in [1.54, 1.807) is 0 Å². The average molecular weight is 670 g/mol. The van der Waals surface area contributed by atoms with Crippen molar-refractivity contribution < 1.29 is 31.9 Å². The summed E-state index contributed by atoms with van der Waals surface area (Å²) < 4.78 is 46.5. The maximum Gasteiger partial charge on any atom is 0.213 e. The van der Waals surface area contributed by atoms with Crippen LogP contribution in [0.2, 0.25) is 78.6 Å². The predicted molar refractivity (Wildman–Crippen MR) is 167 cm³/mol. The lowest BCUT2D eigenvalue weighted by Gasteiger charge is -2.49. The van der Waals surface area contributed by atoms with Gasteiger partial charge < -0.3 is 31.9 Å². The van der Waals surface area contributed by atoms with E-state index in [0.717, 1.165) is 0 Å². The van der Waals surface area contributed by atoms with Crippen LogP contribution in [0.1, 0.15) is 6.92 Å². The zero-order valence-corrected chi connectivity index (χ0v) is 31.8. The summed E-state index contributed by atoms with van der Waals surface area (Å²) in [5, 5.41) is -0.410. The summed E-state index contributed by atoms with van der Waals surface area (Å²) in [5.74, 6) is -1.15. The fourth-order valence-electron chi connectivity index (χ4n) is 4.60.